The lowest BCUT2D eigenvalue weighted by molar-refractivity contribution is 0.870. The van der Waals surface area contributed by atoms with Crippen LogP contribution in [0.2, 0.25) is 19.6 Å². The monoisotopic (exact) mass is 375 g/mol. The van der Waals surface area contributed by atoms with Gasteiger partial charge in [0.15, 0.2) is 5.82 Å². The Morgan fingerprint density at radius 3 is 2.33 bits per heavy atom. The van der Waals surface area contributed by atoms with Gasteiger partial charge >= 0.3 is 0 Å². The van der Waals surface area contributed by atoms with Crippen LogP contribution in [0.3, 0.4) is 0 Å². The second-order valence-corrected chi connectivity index (χ2v) is 13.3. The van der Waals surface area contributed by atoms with E-state index in [0.29, 0.717) is 0 Å². The lowest BCUT2D eigenvalue weighted by atomic mass is 10.1. The molecule has 2 aromatic carbocycles. The van der Waals surface area contributed by atoms with Crippen molar-refractivity contribution in [2.75, 3.05) is 0 Å². The molecule has 0 fully saturated rings. The van der Waals surface area contributed by atoms with Crippen LogP contribution in [0.1, 0.15) is 11.1 Å². The molecule has 0 spiro atoms. The molecule has 0 unspecified atom stereocenters. The topological polar surface area (TPSA) is 48.5 Å². The minimum absolute atomic E-state index is 0.844. The molecule has 0 aliphatic heterocycles. The molecular formula is C21H25N5Si. The lowest BCUT2D eigenvalue weighted by Gasteiger charge is -2.21. The van der Waals surface area contributed by atoms with Crippen molar-refractivity contribution < 1.29 is 0 Å². The van der Waals surface area contributed by atoms with Crippen LogP contribution >= 0.6 is 0 Å². The van der Waals surface area contributed by atoms with Gasteiger partial charge in [-0.05, 0) is 37.1 Å². The summed E-state index contributed by atoms with van der Waals surface area (Å²) in [6.45, 7) is 11.5. The van der Waals surface area contributed by atoms with Crippen LogP contribution in [0.5, 0.6) is 0 Å². The smallest absolute Gasteiger partial charge is 0.165 e. The van der Waals surface area contributed by atoms with Crippen molar-refractivity contribution in [3.05, 3.63) is 54.1 Å². The van der Waals surface area contributed by atoms with Gasteiger partial charge in [-0.15, -0.1) is 0 Å². The summed E-state index contributed by atoms with van der Waals surface area (Å²) in [5, 5.41) is 6.05. The molecule has 0 saturated carbocycles. The van der Waals surface area contributed by atoms with E-state index in [0.717, 1.165) is 28.1 Å². The van der Waals surface area contributed by atoms with E-state index in [1.165, 1.54) is 16.3 Å². The van der Waals surface area contributed by atoms with Crippen LogP contribution in [0, 0.1) is 13.8 Å². The normalized spacial score (nSPS) is 12.1. The molecule has 0 atom stereocenters. The third-order valence-electron chi connectivity index (χ3n) is 5.10. The fraction of sp³-hybridized carbons (Fsp3) is 0.286. The molecule has 0 aliphatic rings. The van der Waals surface area contributed by atoms with Crippen LogP contribution in [0.15, 0.2) is 43.0 Å². The number of benzene rings is 2. The van der Waals surface area contributed by atoms with Crippen molar-refractivity contribution in [1.29, 1.82) is 0 Å². The molecule has 4 aromatic rings. The van der Waals surface area contributed by atoms with E-state index in [9.17, 15) is 0 Å². The molecule has 4 rings (SSSR count). The summed E-state index contributed by atoms with van der Waals surface area (Å²) in [5.74, 6) is 0.844. The van der Waals surface area contributed by atoms with Gasteiger partial charge in [-0.25, -0.2) is 14.6 Å². The molecule has 138 valence electrons. The van der Waals surface area contributed by atoms with E-state index in [-0.39, 0.29) is 0 Å². The van der Waals surface area contributed by atoms with E-state index in [1.807, 2.05) is 34.8 Å². The SMILES string of the molecule is Cc1cc([Si](C)(C)C)cc(C)c1-n1ncnc1-c1cccc2ncn(C)c12. The molecule has 2 aromatic heterocycles. The quantitative estimate of drug-likeness (QED) is 0.509. The van der Waals surface area contributed by atoms with Crippen molar-refractivity contribution in [3.63, 3.8) is 0 Å². The fourth-order valence-electron chi connectivity index (χ4n) is 3.70. The largest absolute Gasteiger partial charge is 0.333 e. The minimum atomic E-state index is -1.37. The van der Waals surface area contributed by atoms with Gasteiger partial charge in [-0.1, -0.05) is 43.0 Å². The van der Waals surface area contributed by atoms with Gasteiger partial charge in [0.2, 0.25) is 0 Å². The van der Waals surface area contributed by atoms with E-state index < -0.39 is 8.07 Å². The zero-order valence-electron chi connectivity index (χ0n) is 16.8. The molecule has 0 radical (unpaired) electrons. The summed E-state index contributed by atoms with van der Waals surface area (Å²) in [6, 6.07) is 10.8. The summed E-state index contributed by atoms with van der Waals surface area (Å²) in [5.41, 5.74) is 6.65. The Morgan fingerprint density at radius 2 is 1.67 bits per heavy atom. The van der Waals surface area contributed by atoms with Gasteiger partial charge in [-0.2, -0.15) is 5.10 Å². The highest BCUT2D eigenvalue weighted by atomic mass is 28.3. The average molecular weight is 376 g/mol. The van der Waals surface area contributed by atoms with E-state index in [2.05, 4.69) is 66.8 Å². The van der Waals surface area contributed by atoms with Gasteiger partial charge < -0.3 is 4.57 Å². The Morgan fingerprint density at radius 1 is 0.963 bits per heavy atom. The van der Waals surface area contributed by atoms with Gasteiger partial charge in [0.1, 0.15) is 6.33 Å². The minimum Gasteiger partial charge on any atom is -0.333 e. The number of aromatic nitrogens is 5. The number of hydrogen-bond acceptors (Lipinski definition) is 3. The van der Waals surface area contributed by atoms with Crippen molar-refractivity contribution >= 4 is 24.3 Å². The fourth-order valence-corrected chi connectivity index (χ4v) is 5.00. The number of hydrogen-bond donors (Lipinski definition) is 0. The van der Waals surface area contributed by atoms with E-state index >= 15 is 0 Å². The Kier molecular flexibility index (Phi) is 4.03. The maximum atomic E-state index is 4.61. The van der Waals surface area contributed by atoms with Gasteiger partial charge in [-0.3, -0.25) is 0 Å². The number of rotatable bonds is 3. The third-order valence-corrected chi connectivity index (χ3v) is 7.12. The molecule has 5 nitrogen and oxygen atoms in total. The molecule has 27 heavy (non-hydrogen) atoms. The summed E-state index contributed by atoms with van der Waals surface area (Å²) in [6.07, 6.45) is 3.48. The van der Waals surface area contributed by atoms with Gasteiger partial charge in [0.25, 0.3) is 0 Å². The van der Waals surface area contributed by atoms with Gasteiger partial charge in [0.05, 0.1) is 31.1 Å². The number of fused-ring (bicyclic) bond motifs is 1. The zero-order valence-corrected chi connectivity index (χ0v) is 17.8. The summed E-state index contributed by atoms with van der Waals surface area (Å²) < 4.78 is 4.01. The first-order valence-corrected chi connectivity index (χ1v) is 12.7. The average Bonchev–Trinajstić information content (AvgIpc) is 3.21. The first-order chi connectivity index (χ1) is 12.8. The number of imidazole rings is 1. The van der Waals surface area contributed by atoms with E-state index in [1.54, 1.807) is 6.33 Å². The zero-order chi connectivity index (χ0) is 19.3. The molecule has 6 heteroatoms. The second kappa shape index (κ2) is 6.16. The van der Waals surface area contributed by atoms with Crippen LogP contribution in [0.4, 0.5) is 0 Å². The predicted molar refractivity (Wildman–Crippen MR) is 114 cm³/mol. The standard InChI is InChI=1S/C21H25N5Si/c1-14-10-16(27(4,5)6)11-15(2)19(14)26-21(22-12-24-26)17-8-7-9-18-20(17)25(3)13-23-18/h7-13H,1-6H3. The summed E-state index contributed by atoms with van der Waals surface area (Å²) in [4.78, 5) is 9.08. The summed E-state index contributed by atoms with van der Waals surface area (Å²) >= 11 is 0. The summed E-state index contributed by atoms with van der Waals surface area (Å²) in [7, 11) is 0.640. The Balaban J connectivity index is 1.95. The maximum absolute atomic E-state index is 4.61. The first-order valence-electron chi connectivity index (χ1n) is 9.20. The molecular weight excluding hydrogens is 350 g/mol. The van der Waals surface area contributed by atoms with Crippen molar-refractivity contribution in [2.45, 2.75) is 33.5 Å². The molecule has 0 saturated heterocycles. The van der Waals surface area contributed by atoms with Gasteiger partial charge in [0, 0.05) is 12.6 Å². The van der Waals surface area contributed by atoms with Crippen LogP contribution in [-0.4, -0.2) is 32.4 Å². The lowest BCUT2D eigenvalue weighted by Crippen LogP contribution is -2.38. The molecule has 0 bridgehead atoms. The van der Waals surface area contributed by atoms with Crippen molar-refractivity contribution in [2.24, 2.45) is 7.05 Å². The first kappa shape index (κ1) is 17.7. The van der Waals surface area contributed by atoms with Crippen molar-refractivity contribution in [1.82, 2.24) is 24.3 Å². The Labute approximate surface area is 160 Å². The highest BCUT2D eigenvalue weighted by molar-refractivity contribution is 6.88. The molecule has 2 heterocycles. The van der Waals surface area contributed by atoms with Crippen molar-refractivity contribution in [3.8, 4) is 17.1 Å². The number of nitrogens with zero attached hydrogens (tertiary/aromatic N) is 5. The Hall–Kier alpha value is -2.73. The third kappa shape index (κ3) is 2.90. The molecule has 0 N–H and O–H groups in total. The highest BCUT2D eigenvalue weighted by Crippen LogP contribution is 2.29. The predicted octanol–water partition coefficient (Wildman–Crippen LogP) is 3.98. The maximum Gasteiger partial charge on any atom is 0.165 e. The number of aryl methyl sites for hydroxylation is 3. The van der Waals surface area contributed by atoms with Crippen LogP contribution in [0.25, 0.3) is 28.1 Å². The molecule has 0 aliphatic carbocycles. The molecule has 0 amide bonds. The highest BCUT2D eigenvalue weighted by Gasteiger charge is 2.21. The van der Waals surface area contributed by atoms with Crippen LogP contribution in [-0.2, 0) is 7.05 Å². The van der Waals surface area contributed by atoms with Crippen LogP contribution < -0.4 is 5.19 Å². The second-order valence-electron chi connectivity index (χ2n) is 8.23. The van der Waals surface area contributed by atoms with E-state index in [4.69, 9.17) is 0 Å². The Bertz CT molecular complexity index is 1120. The number of para-hydroxylation sites is 1.